The molecule has 19 heavy (non-hydrogen) atoms. The standard InChI is InChI=1S/C10H8BrN5O2S/c11-5-1-2-7(6(3-5)16(17)18)19-10-14-8(12)4-9(13)15-10/h1-4H,(H4,12,13,14,15). The van der Waals surface area contributed by atoms with Gasteiger partial charge in [0.1, 0.15) is 11.6 Å². The van der Waals surface area contributed by atoms with Crippen LogP contribution in [-0.4, -0.2) is 14.9 Å². The molecule has 4 N–H and O–H groups in total. The summed E-state index contributed by atoms with van der Waals surface area (Å²) in [5.74, 6) is 0.435. The molecule has 9 heteroatoms. The van der Waals surface area contributed by atoms with E-state index in [1.54, 1.807) is 12.1 Å². The lowest BCUT2D eigenvalue weighted by Crippen LogP contribution is -1.99. The Labute approximate surface area is 120 Å². The fourth-order valence-corrected chi connectivity index (χ4v) is 2.55. The Kier molecular flexibility index (Phi) is 3.86. The van der Waals surface area contributed by atoms with Gasteiger partial charge in [-0.25, -0.2) is 9.97 Å². The van der Waals surface area contributed by atoms with E-state index in [0.717, 1.165) is 11.8 Å². The van der Waals surface area contributed by atoms with Crippen molar-refractivity contribution in [2.45, 2.75) is 10.1 Å². The Morgan fingerprint density at radius 1 is 1.21 bits per heavy atom. The molecule has 0 amide bonds. The van der Waals surface area contributed by atoms with Crippen molar-refractivity contribution in [2.24, 2.45) is 0 Å². The summed E-state index contributed by atoms with van der Waals surface area (Å²) in [6.45, 7) is 0. The number of nitrogens with zero attached hydrogens (tertiary/aromatic N) is 3. The van der Waals surface area contributed by atoms with Crippen molar-refractivity contribution in [3.05, 3.63) is 38.9 Å². The predicted molar refractivity (Wildman–Crippen MR) is 75.8 cm³/mol. The molecule has 0 aliphatic carbocycles. The molecule has 2 aromatic rings. The number of nitro benzene ring substituents is 1. The van der Waals surface area contributed by atoms with E-state index >= 15 is 0 Å². The molecule has 1 heterocycles. The van der Waals surface area contributed by atoms with Gasteiger partial charge in [0, 0.05) is 16.6 Å². The van der Waals surface area contributed by atoms with Crippen molar-refractivity contribution >= 4 is 45.0 Å². The fraction of sp³-hybridized carbons (Fsp3) is 0. The Hall–Kier alpha value is -1.87. The van der Waals surface area contributed by atoms with Gasteiger partial charge in [-0.05, 0) is 23.9 Å². The van der Waals surface area contributed by atoms with E-state index in [-0.39, 0.29) is 22.5 Å². The molecular formula is C10H8BrN5O2S. The van der Waals surface area contributed by atoms with Crippen LogP contribution in [0.4, 0.5) is 17.3 Å². The molecule has 0 bridgehead atoms. The summed E-state index contributed by atoms with van der Waals surface area (Å²) in [5, 5.41) is 11.2. The number of nitrogen functional groups attached to an aromatic ring is 2. The summed E-state index contributed by atoms with van der Waals surface area (Å²) in [6, 6.07) is 6.14. The second-order valence-electron chi connectivity index (χ2n) is 3.47. The second kappa shape index (κ2) is 5.41. The number of nitro groups is 1. The third-order valence-electron chi connectivity index (χ3n) is 2.06. The smallest absolute Gasteiger partial charge is 0.284 e. The summed E-state index contributed by atoms with van der Waals surface area (Å²) in [6.07, 6.45) is 0. The second-order valence-corrected chi connectivity index (χ2v) is 5.40. The van der Waals surface area contributed by atoms with E-state index in [2.05, 4.69) is 25.9 Å². The van der Waals surface area contributed by atoms with Gasteiger partial charge < -0.3 is 11.5 Å². The first kappa shape index (κ1) is 13.6. The molecule has 0 unspecified atom stereocenters. The van der Waals surface area contributed by atoms with Crippen LogP contribution in [-0.2, 0) is 0 Å². The van der Waals surface area contributed by atoms with Crippen molar-refractivity contribution in [3.63, 3.8) is 0 Å². The minimum atomic E-state index is -0.469. The summed E-state index contributed by atoms with van der Waals surface area (Å²) >= 11 is 4.22. The summed E-state index contributed by atoms with van der Waals surface area (Å²) in [7, 11) is 0. The molecule has 0 aliphatic heterocycles. The lowest BCUT2D eigenvalue weighted by Gasteiger charge is -2.04. The van der Waals surface area contributed by atoms with Crippen LogP contribution in [0, 0.1) is 10.1 Å². The first-order valence-corrected chi connectivity index (χ1v) is 6.58. The van der Waals surface area contributed by atoms with Crippen molar-refractivity contribution in [3.8, 4) is 0 Å². The third kappa shape index (κ3) is 3.32. The van der Waals surface area contributed by atoms with Gasteiger partial charge in [0.15, 0.2) is 5.16 Å². The van der Waals surface area contributed by atoms with Gasteiger partial charge in [-0.3, -0.25) is 10.1 Å². The number of benzene rings is 1. The van der Waals surface area contributed by atoms with E-state index in [9.17, 15) is 10.1 Å². The Balaban J connectivity index is 2.40. The average molecular weight is 342 g/mol. The minimum absolute atomic E-state index is 0.0380. The van der Waals surface area contributed by atoms with Gasteiger partial charge in [-0.15, -0.1) is 0 Å². The highest BCUT2D eigenvalue weighted by Crippen LogP contribution is 2.35. The zero-order chi connectivity index (χ0) is 14.0. The SMILES string of the molecule is Nc1cc(N)nc(Sc2ccc(Br)cc2[N+](=O)[O-])n1. The molecule has 2 rings (SSSR count). The van der Waals surface area contributed by atoms with Gasteiger partial charge in [-0.1, -0.05) is 15.9 Å². The summed E-state index contributed by atoms with van der Waals surface area (Å²) in [4.78, 5) is 18.9. The minimum Gasteiger partial charge on any atom is -0.383 e. The molecule has 1 aromatic carbocycles. The monoisotopic (exact) mass is 341 g/mol. The van der Waals surface area contributed by atoms with Gasteiger partial charge in [0.2, 0.25) is 0 Å². The zero-order valence-electron chi connectivity index (χ0n) is 9.41. The number of hydrogen-bond acceptors (Lipinski definition) is 7. The largest absolute Gasteiger partial charge is 0.383 e. The van der Waals surface area contributed by atoms with Crippen molar-refractivity contribution in [1.82, 2.24) is 9.97 Å². The van der Waals surface area contributed by atoms with Crippen LogP contribution in [0.5, 0.6) is 0 Å². The van der Waals surface area contributed by atoms with E-state index in [1.807, 2.05) is 0 Å². The molecule has 0 atom stereocenters. The highest BCUT2D eigenvalue weighted by Gasteiger charge is 2.16. The highest BCUT2D eigenvalue weighted by molar-refractivity contribution is 9.10. The van der Waals surface area contributed by atoms with Crippen LogP contribution in [0.15, 0.2) is 38.8 Å². The first-order valence-electron chi connectivity index (χ1n) is 4.97. The number of aromatic nitrogens is 2. The zero-order valence-corrected chi connectivity index (χ0v) is 11.8. The number of hydrogen-bond donors (Lipinski definition) is 2. The number of nitrogens with two attached hydrogens (primary N) is 2. The normalized spacial score (nSPS) is 10.4. The Bertz CT molecular complexity index is 632. The molecule has 7 nitrogen and oxygen atoms in total. The van der Waals surface area contributed by atoms with E-state index in [4.69, 9.17) is 11.5 Å². The molecule has 0 radical (unpaired) electrons. The Morgan fingerprint density at radius 2 is 1.84 bits per heavy atom. The molecule has 0 saturated heterocycles. The van der Waals surface area contributed by atoms with E-state index in [0.29, 0.717) is 9.37 Å². The maximum Gasteiger partial charge on any atom is 0.284 e. The Morgan fingerprint density at radius 3 is 2.42 bits per heavy atom. The van der Waals surface area contributed by atoms with Gasteiger partial charge >= 0.3 is 0 Å². The maximum absolute atomic E-state index is 11.0. The van der Waals surface area contributed by atoms with Crippen LogP contribution in [0.3, 0.4) is 0 Å². The lowest BCUT2D eigenvalue weighted by atomic mass is 10.3. The van der Waals surface area contributed by atoms with E-state index in [1.165, 1.54) is 12.1 Å². The molecule has 0 aliphatic rings. The first-order chi connectivity index (χ1) is 8.95. The van der Waals surface area contributed by atoms with Crippen LogP contribution < -0.4 is 11.5 Å². The highest BCUT2D eigenvalue weighted by atomic mass is 79.9. The number of anilines is 2. The van der Waals surface area contributed by atoms with E-state index < -0.39 is 4.92 Å². The van der Waals surface area contributed by atoms with Gasteiger partial charge in [0.25, 0.3) is 5.69 Å². The topological polar surface area (TPSA) is 121 Å². The summed E-state index contributed by atoms with van der Waals surface area (Å²) in [5.41, 5.74) is 11.1. The quantitative estimate of drug-likeness (QED) is 0.499. The van der Waals surface area contributed by atoms with Crippen LogP contribution >= 0.6 is 27.7 Å². The van der Waals surface area contributed by atoms with Gasteiger partial charge in [0.05, 0.1) is 9.82 Å². The van der Waals surface area contributed by atoms with Crippen LogP contribution in [0.1, 0.15) is 0 Å². The molecule has 1 aromatic heterocycles. The molecular weight excluding hydrogens is 334 g/mol. The van der Waals surface area contributed by atoms with Crippen molar-refractivity contribution < 1.29 is 4.92 Å². The van der Waals surface area contributed by atoms with Crippen molar-refractivity contribution in [2.75, 3.05) is 11.5 Å². The van der Waals surface area contributed by atoms with Crippen LogP contribution in [0.2, 0.25) is 0 Å². The van der Waals surface area contributed by atoms with Gasteiger partial charge in [-0.2, -0.15) is 0 Å². The number of rotatable bonds is 3. The van der Waals surface area contributed by atoms with Crippen molar-refractivity contribution in [1.29, 1.82) is 0 Å². The lowest BCUT2D eigenvalue weighted by molar-refractivity contribution is -0.387. The number of halogens is 1. The third-order valence-corrected chi connectivity index (χ3v) is 3.49. The molecule has 98 valence electrons. The molecule has 0 spiro atoms. The molecule has 0 saturated carbocycles. The predicted octanol–water partition coefficient (Wildman–Crippen LogP) is 2.46. The average Bonchev–Trinajstić information content (AvgIpc) is 2.30. The van der Waals surface area contributed by atoms with Crippen LogP contribution in [0.25, 0.3) is 0 Å². The summed E-state index contributed by atoms with van der Waals surface area (Å²) < 4.78 is 0.622. The molecule has 0 fully saturated rings. The maximum atomic E-state index is 11.0. The fourth-order valence-electron chi connectivity index (χ4n) is 1.33.